The van der Waals surface area contributed by atoms with Crippen LogP contribution in [0.1, 0.15) is 16.5 Å². The topological polar surface area (TPSA) is 44.5 Å². The Labute approximate surface area is 118 Å². The minimum absolute atomic E-state index is 0.0650. The molecule has 2 aromatic rings. The molecule has 3 nitrogen and oxygen atoms in total. The Bertz CT molecular complexity index is 467. The van der Waals surface area contributed by atoms with Gasteiger partial charge in [-0.25, -0.2) is 0 Å². The summed E-state index contributed by atoms with van der Waals surface area (Å²) in [4.78, 5) is 1.16. The summed E-state index contributed by atoms with van der Waals surface area (Å²) in [7, 11) is 1.71. The van der Waals surface area contributed by atoms with E-state index in [0.717, 1.165) is 23.7 Å². The zero-order chi connectivity index (χ0) is 13.5. The van der Waals surface area contributed by atoms with Crippen LogP contribution >= 0.6 is 11.3 Å². The van der Waals surface area contributed by atoms with Crippen molar-refractivity contribution < 1.29 is 9.47 Å². The monoisotopic (exact) mass is 277 g/mol. The van der Waals surface area contributed by atoms with E-state index in [1.54, 1.807) is 18.4 Å². The third-order valence-corrected chi connectivity index (χ3v) is 3.84. The summed E-state index contributed by atoms with van der Waals surface area (Å²) in [5.74, 6) is 0.852. The lowest BCUT2D eigenvalue weighted by Crippen LogP contribution is -2.17. The second-order valence-electron chi connectivity index (χ2n) is 4.24. The molecule has 0 aliphatic heterocycles. The Morgan fingerprint density at radius 2 is 2.00 bits per heavy atom. The third kappa shape index (κ3) is 4.06. The molecule has 1 aromatic heterocycles. The summed E-state index contributed by atoms with van der Waals surface area (Å²) >= 11 is 1.67. The molecule has 1 atom stereocenters. The van der Waals surface area contributed by atoms with Gasteiger partial charge in [-0.3, -0.25) is 0 Å². The zero-order valence-corrected chi connectivity index (χ0v) is 11.9. The molecule has 102 valence electrons. The Morgan fingerprint density at radius 1 is 1.21 bits per heavy atom. The van der Waals surface area contributed by atoms with Gasteiger partial charge in [-0.05, 0) is 35.6 Å². The second-order valence-corrected chi connectivity index (χ2v) is 5.22. The number of thiophene rings is 1. The van der Waals surface area contributed by atoms with E-state index in [-0.39, 0.29) is 6.10 Å². The summed E-state index contributed by atoms with van der Waals surface area (Å²) in [6, 6.07) is 12.2. The van der Waals surface area contributed by atoms with Gasteiger partial charge in [-0.2, -0.15) is 0 Å². The fourth-order valence-electron chi connectivity index (χ4n) is 1.82. The van der Waals surface area contributed by atoms with Crippen molar-refractivity contribution in [1.29, 1.82) is 0 Å². The van der Waals surface area contributed by atoms with E-state index < -0.39 is 0 Å². The molecule has 0 fully saturated rings. The van der Waals surface area contributed by atoms with E-state index in [2.05, 4.69) is 18.2 Å². The molecule has 1 aromatic carbocycles. The fraction of sp³-hybridized carbons (Fsp3) is 0.333. The van der Waals surface area contributed by atoms with Gasteiger partial charge >= 0.3 is 0 Å². The van der Waals surface area contributed by atoms with E-state index in [4.69, 9.17) is 15.2 Å². The van der Waals surface area contributed by atoms with Gasteiger partial charge in [0.2, 0.25) is 0 Å². The summed E-state index contributed by atoms with van der Waals surface area (Å²) < 4.78 is 11.0. The molecule has 0 radical (unpaired) electrons. The normalized spacial score (nSPS) is 12.3. The molecule has 2 rings (SSSR count). The van der Waals surface area contributed by atoms with Crippen molar-refractivity contribution in [2.75, 3.05) is 20.3 Å². The first-order valence-electron chi connectivity index (χ1n) is 6.31. The SMILES string of the molecule is COCCc1ccc(OC(CN)c2cccs2)cc1. The molecule has 0 aliphatic rings. The molecular formula is C15H19NO2S. The van der Waals surface area contributed by atoms with Crippen molar-refractivity contribution in [2.24, 2.45) is 5.73 Å². The van der Waals surface area contributed by atoms with Crippen molar-refractivity contribution in [3.8, 4) is 5.75 Å². The highest BCUT2D eigenvalue weighted by molar-refractivity contribution is 7.10. The average Bonchev–Trinajstić information content (AvgIpc) is 2.98. The largest absolute Gasteiger partial charge is 0.484 e. The third-order valence-electron chi connectivity index (χ3n) is 2.87. The van der Waals surface area contributed by atoms with Gasteiger partial charge in [-0.1, -0.05) is 18.2 Å². The Balaban J connectivity index is 1.98. The van der Waals surface area contributed by atoms with E-state index in [0.29, 0.717) is 6.54 Å². The van der Waals surface area contributed by atoms with E-state index in [1.165, 1.54) is 5.56 Å². The Hall–Kier alpha value is -1.36. The molecule has 0 aliphatic carbocycles. The molecule has 1 heterocycles. The summed E-state index contributed by atoms with van der Waals surface area (Å²) in [6.45, 7) is 1.22. The molecule has 0 amide bonds. The van der Waals surface area contributed by atoms with Crippen LogP contribution in [0.25, 0.3) is 0 Å². The first-order chi connectivity index (χ1) is 9.33. The van der Waals surface area contributed by atoms with Gasteiger partial charge in [-0.15, -0.1) is 11.3 Å². The molecule has 19 heavy (non-hydrogen) atoms. The van der Waals surface area contributed by atoms with Crippen molar-refractivity contribution in [3.05, 3.63) is 52.2 Å². The lowest BCUT2D eigenvalue weighted by Gasteiger charge is -2.16. The molecule has 4 heteroatoms. The summed E-state index contributed by atoms with van der Waals surface area (Å²) in [5.41, 5.74) is 7.02. The van der Waals surface area contributed by atoms with Crippen LogP contribution in [0.4, 0.5) is 0 Å². The number of benzene rings is 1. The maximum atomic E-state index is 5.92. The number of nitrogens with two attached hydrogens (primary N) is 1. The molecular weight excluding hydrogens is 258 g/mol. The van der Waals surface area contributed by atoms with Gasteiger partial charge in [0.25, 0.3) is 0 Å². The summed E-state index contributed by atoms with van der Waals surface area (Å²) in [6.07, 6.45) is 0.854. The van der Waals surface area contributed by atoms with Crippen molar-refractivity contribution in [1.82, 2.24) is 0 Å². The van der Waals surface area contributed by atoms with Crippen LogP contribution in [0.3, 0.4) is 0 Å². The lowest BCUT2D eigenvalue weighted by atomic mass is 10.1. The smallest absolute Gasteiger partial charge is 0.145 e. The highest BCUT2D eigenvalue weighted by atomic mass is 32.1. The second kappa shape index (κ2) is 7.28. The molecule has 1 unspecified atom stereocenters. The number of ether oxygens (including phenoxy) is 2. The lowest BCUT2D eigenvalue weighted by molar-refractivity contribution is 0.202. The van der Waals surface area contributed by atoms with Gasteiger partial charge in [0.15, 0.2) is 0 Å². The van der Waals surface area contributed by atoms with Crippen LogP contribution in [0, 0.1) is 0 Å². The van der Waals surface area contributed by atoms with Crippen LogP contribution in [0.2, 0.25) is 0 Å². The van der Waals surface area contributed by atoms with Crippen LogP contribution in [0.5, 0.6) is 5.75 Å². The number of hydrogen-bond donors (Lipinski definition) is 1. The van der Waals surface area contributed by atoms with Crippen LogP contribution in [-0.4, -0.2) is 20.3 Å². The minimum atomic E-state index is -0.0650. The highest BCUT2D eigenvalue weighted by Crippen LogP contribution is 2.24. The molecule has 2 N–H and O–H groups in total. The molecule has 0 saturated carbocycles. The summed E-state index contributed by atoms with van der Waals surface area (Å²) in [5, 5.41) is 2.04. The average molecular weight is 277 g/mol. The zero-order valence-electron chi connectivity index (χ0n) is 11.0. The minimum Gasteiger partial charge on any atom is -0.484 e. The standard InChI is InChI=1S/C15H19NO2S/c1-17-9-8-12-4-6-13(7-5-12)18-14(11-16)15-3-2-10-19-15/h2-7,10,14H,8-9,11,16H2,1H3. The molecule has 0 bridgehead atoms. The maximum absolute atomic E-state index is 5.92. The highest BCUT2D eigenvalue weighted by Gasteiger charge is 2.12. The Kier molecular flexibility index (Phi) is 5.39. The van der Waals surface area contributed by atoms with Gasteiger partial charge in [0, 0.05) is 18.5 Å². The predicted molar refractivity (Wildman–Crippen MR) is 78.8 cm³/mol. The quantitative estimate of drug-likeness (QED) is 0.846. The van der Waals surface area contributed by atoms with Crippen LogP contribution in [-0.2, 0) is 11.2 Å². The predicted octanol–water partition coefficient (Wildman–Crippen LogP) is 3.02. The van der Waals surface area contributed by atoms with Crippen molar-refractivity contribution in [3.63, 3.8) is 0 Å². The number of hydrogen-bond acceptors (Lipinski definition) is 4. The van der Waals surface area contributed by atoms with E-state index >= 15 is 0 Å². The van der Waals surface area contributed by atoms with Crippen molar-refractivity contribution in [2.45, 2.75) is 12.5 Å². The van der Waals surface area contributed by atoms with Gasteiger partial charge < -0.3 is 15.2 Å². The van der Waals surface area contributed by atoms with Crippen LogP contribution in [0.15, 0.2) is 41.8 Å². The number of rotatable bonds is 7. The van der Waals surface area contributed by atoms with Gasteiger partial charge in [0.05, 0.1) is 6.61 Å². The van der Waals surface area contributed by atoms with E-state index in [1.807, 2.05) is 23.6 Å². The molecule has 0 saturated heterocycles. The first-order valence-corrected chi connectivity index (χ1v) is 7.19. The Morgan fingerprint density at radius 3 is 2.58 bits per heavy atom. The fourth-order valence-corrected chi connectivity index (χ4v) is 2.58. The molecule has 0 spiro atoms. The number of methoxy groups -OCH3 is 1. The van der Waals surface area contributed by atoms with Crippen LogP contribution < -0.4 is 10.5 Å². The maximum Gasteiger partial charge on any atom is 0.145 e. The van der Waals surface area contributed by atoms with Crippen molar-refractivity contribution >= 4 is 11.3 Å². The first kappa shape index (κ1) is 14.1. The van der Waals surface area contributed by atoms with E-state index in [9.17, 15) is 0 Å². The van der Waals surface area contributed by atoms with Gasteiger partial charge in [0.1, 0.15) is 11.9 Å².